The molecule has 0 fully saturated rings. The van der Waals surface area contributed by atoms with E-state index in [1.54, 1.807) is 6.07 Å². The summed E-state index contributed by atoms with van der Waals surface area (Å²) in [5.74, 6) is -1.83. The number of halogens is 5. The van der Waals surface area contributed by atoms with Gasteiger partial charge in [-0.3, -0.25) is 0 Å². The molecule has 0 radical (unpaired) electrons. The normalized spacial score (nSPS) is 10.6. The third kappa shape index (κ3) is 3.73. The van der Waals surface area contributed by atoms with Crippen LogP contribution in [0.3, 0.4) is 0 Å². The standard InChI is InChI=1S/C13H8Br2F3N/c14-8-1-7(2-10(16)3-8)6-19-13-11(17)4-9(15)5-12(13)18/h1-5,19H,6H2. The average Bonchev–Trinajstić information content (AvgIpc) is 2.25. The van der Waals surface area contributed by atoms with Crippen LogP contribution < -0.4 is 5.32 Å². The van der Waals surface area contributed by atoms with Crippen LogP contribution in [-0.4, -0.2) is 0 Å². The van der Waals surface area contributed by atoms with Crippen molar-refractivity contribution in [1.82, 2.24) is 0 Å². The largest absolute Gasteiger partial charge is 0.376 e. The molecule has 0 spiro atoms. The Hall–Kier alpha value is -1.01. The van der Waals surface area contributed by atoms with Crippen LogP contribution in [0.4, 0.5) is 18.9 Å². The molecule has 2 aromatic rings. The molecular formula is C13H8Br2F3N. The lowest BCUT2D eigenvalue weighted by Gasteiger charge is -2.10. The van der Waals surface area contributed by atoms with Crippen LogP contribution in [0.1, 0.15) is 5.56 Å². The fraction of sp³-hybridized carbons (Fsp3) is 0.0769. The molecule has 0 amide bonds. The zero-order valence-corrected chi connectivity index (χ0v) is 12.7. The van der Waals surface area contributed by atoms with Gasteiger partial charge in [0.2, 0.25) is 0 Å². The van der Waals surface area contributed by atoms with Gasteiger partial charge in [-0.15, -0.1) is 0 Å². The van der Waals surface area contributed by atoms with Crippen LogP contribution in [0.2, 0.25) is 0 Å². The molecular weight excluding hydrogens is 387 g/mol. The molecule has 0 bridgehead atoms. The zero-order chi connectivity index (χ0) is 14.0. The molecule has 6 heteroatoms. The predicted octanol–water partition coefficient (Wildman–Crippen LogP) is 5.24. The summed E-state index contributed by atoms with van der Waals surface area (Å²) in [5.41, 5.74) is 0.345. The maximum absolute atomic E-state index is 13.6. The monoisotopic (exact) mass is 393 g/mol. The molecule has 0 atom stereocenters. The molecule has 19 heavy (non-hydrogen) atoms. The molecule has 0 saturated carbocycles. The molecule has 0 aliphatic carbocycles. The molecule has 0 saturated heterocycles. The van der Waals surface area contributed by atoms with Crippen molar-refractivity contribution in [2.75, 3.05) is 5.32 Å². The van der Waals surface area contributed by atoms with E-state index in [0.717, 1.165) is 12.1 Å². The molecule has 1 nitrogen and oxygen atoms in total. The summed E-state index contributed by atoms with van der Waals surface area (Å²) in [4.78, 5) is 0. The molecule has 100 valence electrons. The van der Waals surface area contributed by atoms with Gasteiger partial charge in [0.05, 0.1) is 0 Å². The minimum atomic E-state index is -0.706. The van der Waals surface area contributed by atoms with Gasteiger partial charge >= 0.3 is 0 Å². The minimum absolute atomic E-state index is 0.117. The highest BCUT2D eigenvalue weighted by Gasteiger charge is 2.10. The maximum Gasteiger partial charge on any atom is 0.150 e. The van der Waals surface area contributed by atoms with Gasteiger partial charge in [0.1, 0.15) is 23.1 Å². The van der Waals surface area contributed by atoms with Gasteiger partial charge in [-0.05, 0) is 35.9 Å². The first-order valence-electron chi connectivity index (χ1n) is 5.29. The van der Waals surface area contributed by atoms with Gasteiger partial charge in [-0.25, -0.2) is 13.2 Å². The Bertz CT molecular complexity index is 574. The average molecular weight is 395 g/mol. The summed E-state index contributed by atoms with van der Waals surface area (Å²) in [6.07, 6.45) is 0. The van der Waals surface area contributed by atoms with Crippen LogP contribution in [0, 0.1) is 17.5 Å². The summed E-state index contributed by atoms with van der Waals surface area (Å²) in [5, 5.41) is 2.62. The second-order valence-electron chi connectivity index (χ2n) is 3.88. The fourth-order valence-corrected chi connectivity index (χ4v) is 2.53. The van der Waals surface area contributed by atoms with E-state index in [-0.39, 0.29) is 12.2 Å². The summed E-state index contributed by atoms with van der Waals surface area (Å²) in [6.45, 7) is 0.117. The topological polar surface area (TPSA) is 12.0 Å². The van der Waals surface area contributed by atoms with E-state index in [9.17, 15) is 13.2 Å². The highest BCUT2D eigenvalue weighted by Crippen LogP contribution is 2.24. The quantitative estimate of drug-likeness (QED) is 0.750. The minimum Gasteiger partial charge on any atom is -0.376 e. The van der Waals surface area contributed by atoms with Crippen molar-refractivity contribution in [3.63, 3.8) is 0 Å². The Labute approximate surface area is 125 Å². The van der Waals surface area contributed by atoms with Crippen molar-refractivity contribution in [2.24, 2.45) is 0 Å². The van der Waals surface area contributed by atoms with Crippen LogP contribution in [0.15, 0.2) is 39.3 Å². The van der Waals surface area contributed by atoms with E-state index in [1.807, 2.05) is 0 Å². The maximum atomic E-state index is 13.6. The Morgan fingerprint density at radius 1 is 0.842 bits per heavy atom. The van der Waals surface area contributed by atoms with E-state index in [0.29, 0.717) is 14.5 Å². The SMILES string of the molecule is Fc1cc(Br)cc(CNc2c(F)cc(Br)cc2F)c1. The molecule has 2 aromatic carbocycles. The third-order valence-electron chi connectivity index (χ3n) is 2.40. The Morgan fingerprint density at radius 2 is 1.42 bits per heavy atom. The number of benzene rings is 2. The Morgan fingerprint density at radius 3 is 2.00 bits per heavy atom. The van der Waals surface area contributed by atoms with Gasteiger partial charge in [0, 0.05) is 15.5 Å². The Balaban J connectivity index is 2.19. The van der Waals surface area contributed by atoms with Crippen molar-refractivity contribution < 1.29 is 13.2 Å². The first-order valence-corrected chi connectivity index (χ1v) is 6.87. The summed E-state index contributed by atoms with van der Waals surface area (Å²) in [7, 11) is 0. The molecule has 0 aromatic heterocycles. The lowest BCUT2D eigenvalue weighted by molar-refractivity contribution is 0.586. The van der Waals surface area contributed by atoms with E-state index in [1.165, 1.54) is 12.1 Å². The van der Waals surface area contributed by atoms with Crippen molar-refractivity contribution in [3.8, 4) is 0 Å². The molecule has 0 aliphatic heterocycles. The van der Waals surface area contributed by atoms with Gasteiger partial charge in [0.15, 0.2) is 0 Å². The molecule has 0 unspecified atom stereocenters. The predicted molar refractivity (Wildman–Crippen MR) is 75.5 cm³/mol. The van der Waals surface area contributed by atoms with Gasteiger partial charge in [-0.2, -0.15) is 0 Å². The smallest absolute Gasteiger partial charge is 0.150 e. The van der Waals surface area contributed by atoms with Crippen molar-refractivity contribution in [3.05, 3.63) is 62.3 Å². The van der Waals surface area contributed by atoms with Crippen LogP contribution in [0.5, 0.6) is 0 Å². The number of anilines is 1. The van der Waals surface area contributed by atoms with E-state index < -0.39 is 17.5 Å². The van der Waals surface area contributed by atoms with Crippen LogP contribution >= 0.6 is 31.9 Å². The first kappa shape index (κ1) is 14.4. The second-order valence-corrected chi connectivity index (χ2v) is 5.71. The van der Waals surface area contributed by atoms with Gasteiger partial charge < -0.3 is 5.32 Å². The van der Waals surface area contributed by atoms with E-state index >= 15 is 0 Å². The number of hydrogen-bond donors (Lipinski definition) is 1. The molecule has 2 rings (SSSR count). The number of hydrogen-bond acceptors (Lipinski definition) is 1. The fourth-order valence-electron chi connectivity index (χ4n) is 1.61. The number of rotatable bonds is 3. The summed E-state index contributed by atoms with van der Waals surface area (Å²) < 4.78 is 41.2. The zero-order valence-electron chi connectivity index (χ0n) is 9.48. The lowest BCUT2D eigenvalue weighted by Crippen LogP contribution is -2.04. The van der Waals surface area contributed by atoms with Crippen molar-refractivity contribution in [1.29, 1.82) is 0 Å². The van der Waals surface area contributed by atoms with Crippen molar-refractivity contribution >= 4 is 37.5 Å². The lowest BCUT2D eigenvalue weighted by atomic mass is 10.2. The molecule has 0 heterocycles. The van der Waals surface area contributed by atoms with E-state index in [4.69, 9.17) is 0 Å². The summed E-state index contributed by atoms with van der Waals surface area (Å²) in [6, 6.07) is 6.60. The molecule has 1 N–H and O–H groups in total. The highest BCUT2D eigenvalue weighted by atomic mass is 79.9. The second kappa shape index (κ2) is 5.96. The number of nitrogens with one attached hydrogen (secondary N) is 1. The van der Waals surface area contributed by atoms with Crippen LogP contribution in [0.25, 0.3) is 0 Å². The van der Waals surface area contributed by atoms with E-state index in [2.05, 4.69) is 37.2 Å². The third-order valence-corrected chi connectivity index (χ3v) is 3.31. The van der Waals surface area contributed by atoms with Crippen molar-refractivity contribution in [2.45, 2.75) is 6.54 Å². The van der Waals surface area contributed by atoms with Crippen LogP contribution in [-0.2, 0) is 6.54 Å². The van der Waals surface area contributed by atoms with Gasteiger partial charge in [0.25, 0.3) is 0 Å². The Kier molecular flexibility index (Phi) is 4.52. The summed E-state index contributed by atoms with van der Waals surface area (Å²) >= 11 is 6.15. The highest BCUT2D eigenvalue weighted by molar-refractivity contribution is 9.10. The first-order chi connectivity index (χ1) is 8.95. The van der Waals surface area contributed by atoms with Gasteiger partial charge in [-0.1, -0.05) is 31.9 Å². The molecule has 0 aliphatic rings.